The van der Waals surface area contributed by atoms with Gasteiger partial charge in [-0.1, -0.05) is 29.8 Å². The fourth-order valence-electron chi connectivity index (χ4n) is 3.64. The third kappa shape index (κ3) is 3.57. The zero-order valence-corrected chi connectivity index (χ0v) is 15.8. The number of hydrogen-bond donors (Lipinski definition) is 0. The van der Waals surface area contributed by atoms with Crippen LogP contribution in [-0.2, 0) is 4.74 Å². The van der Waals surface area contributed by atoms with Crippen molar-refractivity contribution in [3.05, 3.63) is 54.1 Å². The summed E-state index contributed by atoms with van der Waals surface area (Å²) in [6.45, 7) is 4.33. The van der Waals surface area contributed by atoms with Gasteiger partial charge in [-0.05, 0) is 25.7 Å². The Hall–Kier alpha value is -2.73. The maximum absolute atomic E-state index is 12.9. The van der Waals surface area contributed by atoms with E-state index in [9.17, 15) is 4.79 Å². The molecule has 1 fully saturated rings. The van der Waals surface area contributed by atoms with E-state index in [2.05, 4.69) is 29.0 Å². The minimum Gasteiger partial charge on any atom is -0.384 e. The zero-order chi connectivity index (χ0) is 18.8. The van der Waals surface area contributed by atoms with Crippen molar-refractivity contribution in [1.29, 1.82) is 0 Å². The van der Waals surface area contributed by atoms with E-state index >= 15 is 0 Å². The first-order valence-electron chi connectivity index (χ1n) is 9.34. The van der Waals surface area contributed by atoms with Crippen LogP contribution in [-0.4, -0.2) is 52.0 Å². The van der Waals surface area contributed by atoms with Crippen LogP contribution in [0.15, 0.2) is 42.9 Å². The summed E-state index contributed by atoms with van der Waals surface area (Å²) in [6.07, 6.45) is 7.33. The molecule has 6 nitrogen and oxygen atoms in total. The predicted octanol–water partition coefficient (Wildman–Crippen LogP) is 3.20. The molecule has 1 aliphatic heterocycles. The van der Waals surface area contributed by atoms with E-state index in [0.29, 0.717) is 17.3 Å². The van der Waals surface area contributed by atoms with E-state index in [1.165, 1.54) is 5.56 Å². The second kappa shape index (κ2) is 7.48. The van der Waals surface area contributed by atoms with E-state index in [-0.39, 0.29) is 5.91 Å². The Balaban J connectivity index is 1.59. The van der Waals surface area contributed by atoms with E-state index < -0.39 is 0 Å². The Morgan fingerprint density at radius 2 is 1.96 bits per heavy atom. The predicted molar refractivity (Wildman–Crippen MR) is 104 cm³/mol. The van der Waals surface area contributed by atoms with Gasteiger partial charge < -0.3 is 14.0 Å². The monoisotopic (exact) mass is 364 g/mol. The van der Waals surface area contributed by atoms with Crippen LogP contribution in [0.1, 0.15) is 28.9 Å². The number of ether oxygens (including phenoxy) is 1. The molecule has 0 atom stereocenters. The van der Waals surface area contributed by atoms with Crippen molar-refractivity contribution >= 4 is 11.6 Å². The van der Waals surface area contributed by atoms with Crippen molar-refractivity contribution < 1.29 is 9.53 Å². The highest BCUT2D eigenvalue weighted by molar-refractivity contribution is 5.93. The fraction of sp³-hybridized carbons (Fsp3) is 0.381. The second-order valence-electron chi connectivity index (χ2n) is 7.19. The average Bonchev–Trinajstić information content (AvgIpc) is 3.13. The van der Waals surface area contributed by atoms with Crippen LogP contribution in [0.4, 0.5) is 0 Å². The van der Waals surface area contributed by atoms with Gasteiger partial charge in [0.15, 0.2) is 5.65 Å². The van der Waals surface area contributed by atoms with Gasteiger partial charge in [-0.3, -0.25) is 9.78 Å². The van der Waals surface area contributed by atoms with Gasteiger partial charge in [-0.15, -0.1) is 0 Å². The lowest BCUT2D eigenvalue weighted by Gasteiger charge is -2.31. The quantitative estimate of drug-likeness (QED) is 0.713. The van der Waals surface area contributed by atoms with Crippen molar-refractivity contribution in [3.63, 3.8) is 0 Å². The van der Waals surface area contributed by atoms with Crippen LogP contribution in [0.3, 0.4) is 0 Å². The summed E-state index contributed by atoms with van der Waals surface area (Å²) in [4.78, 5) is 23.9. The number of methoxy groups -OCH3 is 1. The fourth-order valence-corrected chi connectivity index (χ4v) is 3.64. The molecule has 3 aromatic rings. The first-order chi connectivity index (χ1) is 13.2. The minimum atomic E-state index is -0.00979. The number of piperidine rings is 1. The molecule has 0 N–H and O–H groups in total. The largest absolute Gasteiger partial charge is 0.384 e. The summed E-state index contributed by atoms with van der Waals surface area (Å²) in [5.74, 6) is 0.530. The van der Waals surface area contributed by atoms with E-state index in [1.54, 1.807) is 19.5 Å². The van der Waals surface area contributed by atoms with Gasteiger partial charge in [0.1, 0.15) is 11.4 Å². The molecule has 1 amide bonds. The first-order valence-corrected chi connectivity index (χ1v) is 9.34. The molecule has 0 saturated carbocycles. The number of fused-ring (bicyclic) bond motifs is 1. The average molecular weight is 364 g/mol. The van der Waals surface area contributed by atoms with Crippen molar-refractivity contribution in [1.82, 2.24) is 19.3 Å². The lowest BCUT2D eigenvalue weighted by molar-refractivity contribution is 0.0609. The Morgan fingerprint density at radius 3 is 2.67 bits per heavy atom. The standard InChI is InChI=1S/C21H24N4O2/c1-15-3-5-17(6-4-15)19-20-23-18(13-25(20)12-9-22-19)21(26)24-10-7-16(8-11-24)14-27-2/h3-6,9,12-13,16H,7-8,10-11,14H2,1-2H3. The van der Waals surface area contributed by atoms with Crippen LogP contribution < -0.4 is 0 Å². The number of benzene rings is 1. The molecule has 2 aromatic heterocycles. The molecule has 0 unspecified atom stereocenters. The van der Waals surface area contributed by atoms with Gasteiger partial charge in [0.2, 0.25) is 0 Å². The maximum Gasteiger partial charge on any atom is 0.274 e. The number of carbonyl (C=O) groups excluding carboxylic acids is 1. The molecule has 0 aliphatic carbocycles. The molecule has 1 saturated heterocycles. The van der Waals surface area contributed by atoms with Gasteiger partial charge in [-0.25, -0.2) is 4.98 Å². The van der Waals surface area contributed by atoms with Gasteiger partial charge in [0, 0.05) is 51.0 Å². The number of aryl methyl sites for hydroxylation is 1. The van der Waals surface area contributed by atoms with E-state index in [0.717, 1.165) is 43.8 Å². The molecular weight excluding hydrogens is 340 g/mol. The highest BCUT2D eigenvalue weighted by Gasteiger charge is 2.25. The number of amides is 1. The Morgan fingerprint density at radius 1 is 1.22 bits per heavy atom. The summed E-state index contributed by atoms with van der Waals surface area (Å²) in [5.41, 5.74) is 4.16. The van der Waals surface area contributed by atoms with Gasteiger partial charge in [0.25, 0.3) is 5.91 Å². The molecule has 1 aliphatic rings. The lowest BCUT2D eigenvalue weighted by atomic mass is 9.97. The molecule has 0 spiro atoms. The number of nitrogens with zero attached hydrogens (tertiary/aromatic N) is 4. The van der Waals surface area contributed by atoms with Crippen LogP contribution in [0.25, 0.3) is 16.9 Å². The van der Waals surface area contributed by atoms with Gasteiger partial charge in [-0.2, -0.15) is 0 Å². The summed E-state index contributed by atoms with van der Waals surface area (Å²) in [5, 5.41) is 0. The number of aromatic nitrogens is 3. The highest BCUT2D eigenvalue weighted by Crippen LogP contribution is 2.24. The van der Waals surface area contributed by atoms with E-state index in [1.807, 2.05) is 27.6 Å². The summed E-state index contributed by atoms with van der Waals surface area (Å²) in [7, 11) is 1.73. The smallest absolute Gasteiger partial charge is 0.274 e. The van der Waals surface area contributed by atoms with Crippen molar-refractivity contribution in [2.45, 2.75) is 19.8 Å². The lowest BCUT2D eigenvalue weighted by Crippen LogP contribution is -2.39. The molecule has 6 heteroatoms. The molecule has 1 aromatic carbocycles. The molecular formula is C21H24N4O2. The number of rotatable bonds is 4. The summed E-state index contributed by atoms with van der Waals surface area (Å²) >= 11 is 0. The first kappa shape index (κ1) is 17.7. The Bertz CT molecular complexity index is 940. The summed E-state index contributed by atoms with van der Waals surface area (Å²) < 4.78 is 7.12. The van der Waals surface area contributed by atoms with Crippen LogP contribution in [0, 0.1) is 12.8 Å². The Labute approximate surface area is 158 Å². The summed E-state index contributed by atoms with van der Waals surface area (Å²) in [6, 6.07) is 8.18. The maximum atomic E-state index is 12.9. The van der Waals surface area contributed by atoms with Crippen molar-refractivity contribution in [2.75, 3.05) is 26.8 Å². The zero-order valence-electron chi connectivity index (χ0n) is 15.8. The normalized spacial score (nSPS) is 15.4. The number of imidazole rings is 1. The van der Waals surface area contributed by atoms with E-state index in [4.69, 9.17) is 4.74 Å². The molecule has 4 rings (SSSR count). The number of carbonyl (C=O) groups is 1. The molecule has 27 heavy (non-hydrogen) atoms. The Kier molecular flexibility index (Phi) is 4.90. The van der Waals surface area contributed by atoms with Gasteiger partial charge >= 0.3 is 0 Å². The third-order valence-corrected chi connectivity index (χ3v) is 5.22. The second-order valence-corrected chi connectivity index (χ2v) is 7.19. The number of likely N-dealkylation sites (tertiary alicyclic amines) is 1. The molecule has 140 valence electrons. The molecule has 3 heterocycles. The van der Waals surface area contributed by atoms with Crippen molar-refractivity contribution in [3.8, 4) is 11.3 Å². The van der Waals surface area contributed by atoms with Crippen LogP contribution >= 0.6 is 0 Å². The number of hydrogen-bond acceptors (Lipinski definition) is 4. The van der Waals surface area contributed by atoms with Crippen LogP contribution in [0.5, 0.6) is 0 Å². The molecule has 0 bridgehead atoms. The highest BCUT2D eigenvalue weighted by atomic mass is 16.5. The third-order valence-electron chi connectivity index (χ3n) is 5.22. The minimum absolute atomic E-state index is 0.00979. The molecule has 0 radical (unpaired) electrons. The van der Waals surface area contributed by atoms with Crippen molar-refractivity contribution in [2.24, 2.45) is 5.92 Å². The van der Waals surface area contributed by atoms with Gasteiger partial charge in [0.05, 0.1) is 0 Å². The topological polar surface area (TPSA) is 59.7 Å². The SMILES string of the molecule is COCC1CCN(C(=O)c2cn3ccnc(-c4ccc(C)cc4)c3n2)CC1. The van der Waals surface area contributed by atoms with Crippen LogP contribution in [0.2, 0.25) is 0 Å².